The largest absolute Gasteiger partial charge is 0.503 e. The molecule has 1 aromatic heterocycles. The molecular formula is C26H26ClNO6. The van der Waals surface area contributed by atoms with Crippen molar-refractivity contribution in [2.24, 2.45) is 0 Å². The van der Waals surface area contributed by atoms with Crippen LogP contribution in [0.15, 0.2) is 64.3 Å². The van der Waals surface area contributed by atoms with Gasteiger partial charge in [0.1, 0.15) is 11.3 Å². The minimum absolute atomic E-state index is 0.0165. The van der Waals surface area contributed by atoms with Crippen molar-refractivity contribution in [1.82, 2.24) is 4.90 Å². The van der Waals surface area contributed by atoms with Crippen molar-refractivity contribution in [2.45, 2.75) is 32.9 Å². The first kappa shape index (κ1) is 23.9. The monoisotopic (exact) mass is 483 g/mol. The van der Waals surface area contributed by atoms with Gasteiger partial charge in [-0.25, -0.2) is 0 Å². The smallest absolute Gasteiger partial charge is 0.290 e. The molecule has 0 radical (unpaired) electrons. The normalized spacial score (nSPS) is 16.2. The SMILES string of the molecule is CCOc1ccc(C2C(C(=O)c3cc4cc(Cl)ccc4o3)=C(O)C(=O)N2CCOC(C)C)cc1. The highest BCUT2D eigenvalue weighted by atomic mass is 35.5. The van der Waals surface area contributed by atoms with E-state index in [0.29, 0.717) is 33.9 Å². The summed E-state index contributed by atoms with van der Waals surface area (Å²) in [5, 5.41) is 12.0. The third kappa shape index (κ3) is 4.67. The number of carbonyl (C=O) groups excluding carboxylic acids is 2. The third-order valence-corrected chi connectivity index (χ3v) is 5.78. The summed E-state index contributed by atoms with van der Waals surface area (Å²) in [6.45, 7) is 6.65. The van der Waals surface area contributed by atoms with Gasteiger partial charge in [-0.2, -0.15) is 0 Å². The molecule has 2 heterocycles. The number of benzene rings is 2. The molecule has 0 saturated heterocycles. The number of ketones is 1. The van der Waals surface area contributed by atoms with Crippen LogP contribution in [-0.2, 0) is 9.53 Å². The second kappa shape index (κ2) is 9.91. The second-order valence-corrected chi connectivity index (χ2v) is 8.64. The maximum absolute atomic E-state index is 13.6. The van der Waals surface area contributed by atoms with Crippen molar-refractivity contribution in [3.63, 3.8) is 0 Å². The minimum atomic E-state index is -0.803. The van der Waals surface area contributed by atoms with Gasteiger partial charge in [-0.3, -0.25) is 9.59 Å². The number of carbonyl (C=O) groups is 2. The van der Waals surface area contributed by atoms with Crippen LogP contribution in [0.25, 0.3) is 11.0 Å². The molecule has 1 aliphatic heterocycles. The van der Waals surface area contributed by atoms with Crippen LogP contribution in [0.1, 0.15) is 42.9 Å². The Hall–Kier alpha value is -3.29. The fourth-order valence-corrected chi connectivity index (χ4v) is 4.20. The summed E-state index contributed by atoms with van der Waals surface area (Å²) in [6, 6.07) is 12.9. The van der Waals surface area contributed by atoms with Gasteiger partial charge in [-0.05, 0) is 62.7 Å². The van der Waals surface area contributed by atoms with E-state index in [1.54, 1.807) is 48.5 Å². The zero-order valence-electron chi connectivity index (χ0n) is 19.2. The first-order valence-corrected chi connectivity index (χ1v) is 11.5. The van der Waals surface area contributed by atoms with Gasteiger partial charge in [0.05, 0.1) is 30.9 Å². The number of hydrogen-bond donors (Lipinski definition) is 1. The Kier molecular flexibility index (Phi) is 6.95. The van der Waals surface area contributed by atoms with Crippen LogP contribution in [0, 0.1) is 0 Å². The highest BCUT2D eigenvalue weighted by Gasteiger charge is 2.44. The Labute approximate surface area is 202 Å². The lowest BCUT2D eigenvalue weighted by Crippen LogP contribution is -2.34. The Bertz CT molecular complexity index is 1240. The Morgan fingerprint density at radius 1 is 1.18 bits per heavy atom. The average molecular weight is 484 g/mol. The van der Waals surface area contributed by atoms with Gasteiger partial charge in [0, 0.05) is 17.0 Å². The third-order valence-electron chi connectivity index (χ3n) is 5.54. The Morgan fingerprint density at radius 2 is 1.91 bits per heavy atom. The predicted octanol–water partition coefficient (Wildman–Crippen LogP) is 5.49. The van der Waals surface area contributed by atoms with Gasteiger partial charge in [-0.1, -0.05) is 23.7 Å². The van der Waals surface area contributed by atoms with Crippen LogP contribution >= 0.6 is 11.6 Å². The lowest BCUT2D eigenvalue weighted by molar-refractivity contribution is -0.130. The molecule has 0 saturated carbocycles. The predicted molar refractivity (Wildman–Crippen MR) is 128 cm³/mol. The zero-order chi connectivity index (χ0) is 24.4. The van der Waals surface area contributed by atoms with Gasteiger partial charge >= 0.3 is 0 Å². The lowest BCUT2D eigenvalue weighted by Gasteiger charge is -2.27. The Balaban J connectivity index is 1.73. The van der Waals surface area contributed by atoms with Gasteiger partial charge in [0.2, 0.25) is 5.78 Å². The highest BCUT2D eigenvalue weighted by Crippen LogP contribution is 2.40. The molecule has 0 bridgehead atoms. The van der Waals surface area contributed by atoms with E-state index in [2.05, 4.69) is 0 Å². The van der Waals surface area contributed by atoms with E-state index < -0.39 is 23.5 Å². The summed E-state index contributed by atoms with van der Waals surface area (Å²) in [6.07, 6.45) is -0.0216. The molecule has 34 heavy (non-hydrogen) atoms. The molecule has 0 fully saturated rings. The molecule has 1 unspecified atom stereocenters. The van der Waals surface area contributed by atoms with E-state index in [-0.39, 0.29) is 30.6 Å². The van der Waals surface area contributed by atoms with Crippen LogP contribution in [-0.4, -0.2) is 47.6 Å². The summed E-state index contributed by atoms with van der Waals surface area (Å²) in [5.74, 6) is -1.10. The van der Waals surface area contributed by atoms with E-state index in [1.165, 1.54) is 4.90 Å². The van der Waals surface area contributed by atoms with E-state index >= 15 is 0 Å². The molecule has 1 amide bonds. The summed E-state index contributed by atoms with van der Waals surface area (Å²) >= 11 is 6.06. The number of hydrogen-bond acceptors (Lipinski definition) is 6. The van der Waals surface area contributed by atoms with Crippen molar-refractivity contribution < 1.29 is 28.6 Å². The van der Waals surface area contributed by atoms with Crippen molar-refractivity contribution >= 4 is 34.3 Å². The van der Waals surface area contributed by atoms with Crippen molar-refractivity contribution in [2.75, 3.05) is 19.8 Å². The standard InChI is InChI=1S/C26H26ClNO6/c1-4-32-19-8-5-16(6-9-19)23-22(25(30)26(31)28(23)11-12-33-15(2)3)24(29)21-14-17-13-18(27)7-10-20(17)34-21/h5-10,13-15,23,30H,4,11-12H2,1-3H3. The topological polar surface area (TPSA) is 89.2 Å². The number of fused-ring (bicyclic) bond motifs is 1. The van der Waals surface area contributed by atoms with Crippen LogP contribution < -0.4 is 4.74 Å². The lowest BCUT2D eigenvalue weighted by atomic mass is 9.95. The fraction of sp³-hybridized carbons (Fsp3) is 0.308. The van der Waals surface area contributed by atoms with Crippen LogP contribution in [0.4, 0.5) is 0 Å². The van der Waals surface area contributed by atoms with E-state index in [9.17, 15) is 14.7 Å². The number of rotatable bonds is 9. The summed E-state index contributed by atoms with van der Waals surface area (Å²) in [7, 11) is 0. The second-order valence-electron chi connectivity index (χ2n) is 8.21. The van der Waals surface area contributed by atoms with Gasteiger partial charge in [-0.15, -0.1) is 0 Å². The van der Waals surface area contributed by atoms with Crippen molar-refractivity contribution in [1.29, 1.82) is 0 Å². The molecule has 4 rings (SSSR count). The average Bonchev–Trinajstić information content (AvgIpc) is 3.33. The first-order valence-electron chi connectivity index (χ1n) is 11.1. The number of Topliss-reactive ketones (excluding diaryl/α,β-unsaturated/α-hetero) is 1. The quantitative estimate of drug-likeness (QED) is 0.405. The first-order chi connectivity index (χ1) is 16.3. The molecule has 3 aromatic rings. The molecule has 2 aromatic carbocycles. The molecule has 0 aliphatic carbocycles. The van der Waals surface area contributed by atoms with Gasteiger partial charge < -0.3 is 23.9 Å². The van der Waals surface area contributed by atoms with Gasteiger partial charge in [0.15, 0.2) is 11.5 Å². The molecule has 1 N–H and O–H groups in total. The molecule has 8 heteroatoms. The molecule has 178 valence electrons. The minimum Gasteiger partial charge on any atom is -0.503 e. The number of halogens is 1. The summed E-state index contributed by atoms with van der Waals surface area (Å²) in [4.78, 5) is 28.0. The van der Waals surface area contributed by atoms with Crippen LogP contribution in [0.5, 0.6) is 5.75 Å². The van der Waals surface area contributed by atoms with Crippen LogP contribution in [0.3, 0.4) is 0 Å². The van der Waals surface area contributed by atoms with Crippen LogP contribution in [0.2, 0.25) is 5.02 Å². The number of nitrogens with zero attached hydrogens (tertiary/aromatic N) is 1. The number of aliphatic hydroxyl groups is 1. The fourth-order valence-electron chi connectivity index (χ4n) is 4.02. The molecule has 1 atom stereocenters. The molecular weight excluding hydrogens is 458 g/mol. The molecule has 7 nitrogen and oxygen atoms in total. The summed E-state index contributed by atoms with van der Waals surface area (Å²) in [5.41, 5.74) is 1.11. The number of furan rings is 1. The van der Waals surface area contributed by atoms with Crippen molar-refractivity contribution in [3.05, 3.63) is 76.2 Å². The summed E-state index contributed by atoms with van der Waals surface area (Å²) < 4.78 is 16.9. The highest BCUT2D eigenvalue weighted by molar-refractivity contribution is 6.31. The number of ether oxygens (including phenoxy) is 2. The maximum Gasteiger partial charge on any atom is 0.290 e. The number of aliphatic hydroxyl groups excluding tert-OH is 1. The molecule has 0 spiro atoms. The number of amides is 1. The maximum atomic E-state index is 13.6. The Morgan fingerprint density at radius 3 is 2.59 bits per heavy atom. The van der Waals surface area contributed by atoms with E-state index in [1.807, 2.05) is 20.8 Å². The van der Waals surface area contributed by atoms with E-state index in [4.69, 9.17) is 25.5 Å². The zero-order valence-corrected chi connectivity index (χ0v) is 20.0. The van der Waals surface area contributed by atoms with Gasteiger partial charge in [0.25, 0.3) is 5.91 Å². The van der Waals surface area contributed by atoms with Crippen molar-refractivity contribution in [3.8, 4) is 5.75 Å². The molecule has 1 aliphatic rings. The van der Waals surface area contributed by atoms with E-state index in [0.717, 1.165) is 0 Å².